The summed E-state index contributed by atoms with van der Waals surface area (Å²) in [6.07, 6.45) is 0. The SMILES string of the molecule is Cc1cc(C)cc(-n2c(=O)c3ccccc3n(CC(=O)Nc3ccc(Br)cc3F)c2=O)c1. The van der Waals surface area contributed by atoms with E-state index in [2.05, 4.69) is 21.2 Å². The first-order valence-electron chi connectivity index (χ1n) is 9.83. The van der Waals surface area contributed by atoms with Crippen LogP contribution in [-0.2, 0) is 11.3 Å². The highest BCUT2D eigenvalue weighted by atomic mass is 79.9. The van der Waals surface area contributed by atoms with Crippen molar-refractivity contribution < 1.29 is 9.18 Å². The van der Waals surface area contributed by atoms with Crippen LogP contribution in [0.2, 0.25) is 0 Å². The molecular weight excluding hydrogens is 477 g/mol. The molecule has 0 fully saturated rings. The van der Waals surface area contributed by atoms with Crippen molar-refractivity contribution in [3.8, 4) is 5.69 Å². The lowest BCUT2D eigenvalue weighted by Crippen LogP contribution is -2.41. The molecule has 0 saturated carbocycles. The van der Waals surface area contributed by atoms with Gasteiger partial charge >= 0.3 is 5.69 Å². The van der Waals surface area contributed by atoms with Crippen LogP contribution in [0.5, 0.6) is 0 Å². The second-order valence-electron chi connectivity index (χ2n) is 7.54. The molecule has 0 aliphatic rings. The third kappa shape index (κ3) is 4.13. The van der Waals surface area contributed by atoms with Gasteiger partial charge in [-0.15, -0.1) is 0 Å². The number of carbonyl (C=O) groups is 1. The molecule has 3 aromatic carbocycles. The van der Waals surface area contributed by atoms with Crippen molar-refractivity contribution in [3.63, 3.8) is 0 Å². The summed E-state index contributed by atoms with van der Waals surface area (Å²) >= 11 is 3.17. The van der Waals surface area contributed by atoms with Crippen LogP contribution in [0.1, 0.15) is 11.1 Å². The van der Waals surface area contributed by atoms with E-state index in [1.54, 1.807) is 42.5 Å². The van der Waals surface area contributed by atoms with Gasteiger partial charge in [0.25, 0.3) is 5.56 Å². The van der Waals surface area contributed by atoms with Gasteiger partial charge in [0.1, 0.15) is 12.4 Å². The Labute approximate surface area is 191 Å². The van der Waals surface area contributed by atoms with E-state index in [1.165, 1.54) is 16.7 Å². The monoisotopic (exact) mass is 495 g/mol. The lowest BCUT2D eigenvalue weighted by Gasteiger charge is -2.15. The number of para-hydroxylation sites is 1. The lowest BCUT2D eigenvalue weighted by molar-refractivity contribution is -0.116. The normalized spacial score (nSPS) is 11.0. The fraction of sp³-hybridized carbons (Fsp3) is 0.125. The van der Waals surface area contributed by atoms with Crippen molar-refractivity contribution >= 4 is 38.4 Å². The van der Waals surface area contributed by atoms with Gasteiger partial charge < -0.3 is 5.32 Å². The van der Waals surface area contributed by atoms with Crippen LogP contribution in [0.4, 0.5) is 10.1 Å². The third-order valence-electron chi connectivity index (χ3n) is 5.02. The summed E-state index contributed by atoms with van der Waals surface area (Å²) in [4.78, 5) is 39.3. The number of halogens is 2. The van der Waals surface area contributed by atoms with Gasteiger partial charge in [0.05, 0.1) is 22.3 Å². The number of nitrogens with one attached hydrogen (secondary N) is 1. The molecule has 1 N–H and O–H groups in total. The molecule has 4 aromatic rings. The first-order valence-corrected chi connectivity index (χ1v) is 10.6. The predicted octanol–water partition coefficient (Wildman–Crippen LogP) is 4.31. The third-order valence-corrected chi connectivity index (χ3v) is 5.52. The van der Waals surface area contributed by atoms with Crippen LogP contribution in [0.15, 0.2) is 74.7 Å². The number of aryl methyl sites for hydroxylation is 2. The van der Waals surface area contributed by atoms with Crippen molar-refractivity contribution in [1.29, 1.82) is 0 Å². The molecule has 0 unspecified atom stereocenters. The standard InChI is InChI=1S/C24H19BrFN3O3/c1-14-9-15(2)11-17(10-14)29-23(31)18-5-3-4-6-21(18)28(24(29)32)13-22(30)27-20-8-7-16(25)12-19(20)26/h3-12H,13H2,1-2H3,(H,27,30). The Morgan fingerprint density at radius 3 is 2.38 bits per heavy atom. The average molecular weight is 496 g/mol. The molecule has 1 heterocycles. The predicted molar refractivity (Wildman–Crippen MR) is 126 cm³/mol. The number of aromatic nitrogens is 2. The van der Waals surface area contributed by atoms with E-state index >= 15 is 0 Å². The minimum absolute atomic E-state index is 0.00168. The number of fused-ring (bicyclic) bond motifs is 1. The molecule has 32 heavy (non-hydrogen) atoms. The van der Waals surface area contributed by atoms with E-state index in [1.807, 2.05) is 19.9 Å². The van der Waals surface area contributed by atoms with E-state index in [0.29, 0.717) is 21.1 Å². The van der Waals surface area contributed by atoms with Gasteiger partial charge in [0.2, 0.25) is 5.91 Å². The Morgan fingerprint density at radius 1 is 1.00 bits per heavy atom. The molecular formula is C24H19BrFN3O3. The smallest absolute Gasteiger partial charge is 0.322 e. The molecule has 0 saturated heterocycles. The summed E-state index contributed by atoms with van der Waals surface area (Å²) in [6, 6.07) is 16.3. The Hall–Kier alpha value is -3.52. The van der Waals surface area contributed by atoms with Crippen molar-refractivity contribution in [1.82, 2.24) is 9.13 Å². The maximum atomic E-state index is 14.1. The maximum absolute atomic E-state index is 14.1. The van der Waals surface area contributed by atoms with E-state index in [0.717, 1.165) is 15.7 Å². The summed E-state index contributed by atoms with van der Waals surface area (Å²) < 4.78 is 17.0. The van der Waals surface area contributed by atoms with Gasteiger partial charge in [-0.1, -0.05) is 34.1 Å². The first-order chi connectivity index (χ1) is 15.2. The zero-order chi connectivity index (χ0) is 23.0. The van der Waals surface area contributed by atoms with E-state index < -0.39 is 23.0 Å². The molecule has 0 spiro atoms. The number of hydrogen-bond donors (Lipinski definition) is 1. The Bertz CT molecular complexity index is 1470. The van der Waals surface area contributed by atoms with Gasteiger partial charge in [-0.25, -0.2) is 13.8 Å². The van der Waals surface area contributed by atoms with Crippen LogP contribution in [0.3, 0.4) is 0 Å². The van der Waals surface area contributed by atoms with Crippen molar-refractivity contribution in [2.45, 2.75) is 20.4 Å². The summed E-state index contributed by atoms with van der Waals surface area (Å²) in [5.41, 5.74) is 1.43. The maximum Gasteiger partial charge on any atom is 0.336 e. The number of nitrogens with zero attached hydrogens (tertiary/aromatic N) is 2. The number of benzene rings is 3. The van der Waals surface area contributed by atoms with Crippen molar-refractivity contribution in [2.24, 2.45) is 0 Å². The Morgan fingerprint density at radius 2 is 1.69 bits per heavy atom. The fourth-order valence-corrected chi connectivity index (χ4v) is 4.04. The molecule has 1 amide bonds. The molecule has 0 atom stereocenters. The Balaban J connectivity index is 1.84. The second kappa shape index (κ2) is 8.55. The van der Waals surface area contributed by atoms with Crippen LogP contribution >= 0.6 is 15.9 Å². The van der Waals surface area contributed by atoms with E-state index in [9.17, 15) is 18.8 Å². The highest BCUT2D eigenvalue weighted by Crippen LogP contribution is 2.19. The van der Waals surface area contributed by atoms with Crippen LogP contribution in [0.25, 0.3) is 16.6 Å². The molecule has 0 bridgehead atoms. The second-order valence-corrected chi connectivity index (χ2v) is 8.46. The van der Waals surface area contributed by atoms with Crippen molar-refractivity contribution in [2.75, 3.05) is 5.32 Å². The van der Waals surface area contributed by atoms with Gasteiger partial charge in [0, 0.05) is 4.47 Å². The zero-order valence-corrected chi connectivity index (χ0v) is 18.9. The summed E-state index contributed by atoms with van der Waals surface area (Å²) in [5, 5.41) is 2.79. The molecule has 8 heteroatoms. The summed E-state index contributed by atoms with van der Waals surface area (Å²) in [5.74, 6) is -1.20. The van der Waals surface area contributed by atoms with Gasteiger partial charge in [-0.2, -0.15) is 0 Å². The van der Waals surface area contributed by atoms with Crippen LogP contribution < -0.4 is 16.6 Å². The van der Waals surface area contributed by atoms with Crippen LogP contribution in [-0.4, -0.2) is 15.0 Å². The molecule has 162 valence electrons. The number of hydrogen-bond acceptors (Lipinski definition) is 3. The number of anilines is 1. The first kappa shape index (κ1) is 21.7. The van der Waals surface area contributed by atoms with Gasteiger partial charge in [-0.05, 0) is 67.4 Å². The molecule has 1 aromatic heterocycles. The fourth-order valence-electron chi connectivity index (χ4n) is 3.71. The lowest BCUT2D eigenvalue weighted by atomic mass is 10.1. The zero-order valence-electron chi connectivity index (χ0n) is 17.4. The number of amides is 1. The minimum atomic E-state index is -0.648. The van der Waals surface area contributed by atoms with Gasteiger partial charge in [-0.3, -0.25) is 14.2 Å². The van der Waals surface area contributed by atoms with Gasteiger partial charge in [0.15, 0.2) is 0 Å². The van der Waals surface area contributed by atoms with Crippen LogP contribution in [0, 0.1) is 19.7 Å². The Kier molecular flexibility index (Phi) is 5.80. The van der Waals surface area contributed by atoms with Crippen molar-refractivity contribution in [3.05, 3.63) is 103 Å². The highest BCUT2D eigenvalue weighted by molar-refractivity contribution is 9.10. The topological polar surface area (TPSA) is 73.1 Å². The quantitative estimate of drug-likeness (QED) is 0.458. The molecule has 0 aliphatic carbocycles. The minimum Gasteiger partial charge on any atom is -0.322 e. The highest BCUT2D eigenvalue weighted by Gasteiger charge is 2.17. The largest absolute Gasteiger partial charge is 0.336 e. The average Bonchev–Trinajstić information content (AvgIpc) is 2.73. The molecule has 6 nitrogen and oxygen atoms in total. The van der Waals surface area contributed by atoms with E-state index in [4.69, 9.17) is 0 Å². The molecule has 0 aliphatic heterocycles. The summed E-state index contributed by atoms with van der Waals surface area (Å²) in [7, 11) is 0. The molecule has 0 radical (unpaired) electrons. The van der Waals surface area contributed by atoms with E-state index in [-0.39, 0.29) is 12.2 Å². The number of carbonyl (C=O) groups excluding carboxylic acids is 1. The molecule has 4 rings (SSSR count). The number of rotatable bonds is 4. The summed E-state index contributed by atoms with van der Waals surface area (Å²) in [6.45, 7) is 3.36.